The number of carbonyl (C=O) groups excluding carboxylic acids is 2. The van der Waals surface area contributed by atoms with Gasteiger partial charge >= 0.3 is 0 Å². The van der Waals surface area contributed by atoms with Gasteiger partial charge in [0, 0.05) is 19.4 Å². The van der Waals surface area contributed by atoms with Gasteiger partial charge in [-0.3, -0.25) is 14.6 Å². The molecule has 1 aromatic heterocycles. The fourth-order valence-corrected chi connectivity index (χ4v) is 3.50. The molecule has 1 amide bonds. The van der Waals surface area contributed by atoms with E-state index in [1.165, 1.54) is 0 Å². The van der Waals surface area contributed by atoms with Crippen molar-refractivity contribution in [3.05, 3.63) is 46.8 Å². The number of pyridine rings is 1. The summed E-state index contributed by atoms with van der Waals surface area (Å²) >= 11 is 0. The van der Waals surface area contributed by atoms with Gasteiger partial charge in [0.2, 0.25) is 0 Å². The molecule has 1 aliphatic carbocycles. The number of carbonyl (C=O) groups is 2. The van der Waals surface area contributed by atoms with Crippen LogP contribution in [0.1, 0.15) is 40.2 Å². The average molecular weight is 381 g/mol. The molecule has 1 fully saturated rings. The van der Waals surface area contributed by atoms with Crippen molar-refractivity contribution in [2.45, 2.75) is 32.4 Å². The molecule has 1 aliphatic heterocycles. The van der Waals surface area contributed by atoms with Crippen molar-refractivity contribution >= 4 is 23.1 Å². The molecule has 0 unspecified atom stereocenters. The third kappa shape index (κ3) is 3.45. The van der Waals surface area contributed by atoms with Crippen molar-refractivity contribution in [3.63, 3.8) is 0 Å². The number of rotatable bonds is 7. The Morgan fingerprint density at radius 2 is 2.11 bits per heavy atom. The van der Waals surface area contributed by atoms with Crippen molar-refractivity contribution in [2.75, 3.05) is 19.5 Å². The van der Waals surface area contributed by atoms with E-state index in [0.717, 1.165) is 18.4 Å². The first-order valence-electron chi connectivity index (χ1n) is 9.36. The summed E-state index contributed by atoms with van der Waals surface area (Å²) in [5.74, 6) is 0.838. The van der Waals surface area contributed by atoms with Gasteiger partial charge in [-0.15, -0.1) is 0 Å². The summed E-state index contributed by atoms with van der Waals surface area (Å²) in [6.07, 6.45) is 2.21. The summed E-state index contributed by atoms with van der Waals surface area (Å²) in [5.41, 5.74) is 3.91. The monoisotopic (exact) mass is 381 g/mol. The van der Waals surface area contributed by atoms with Crippen molar-refractivity contribution < 1.29 is 19.4 Å². The molecule has 2 aliphatic rings. The molecule has 4 rings (SSSR count). The number of Topliss-reactive ketones (excluding diaryl/α,β-unsaturated/α-hetero) is 1. The molecule has 2 heterocycles. The number of hydrogen-bond acceptors (Lipinski definition) is 6. The highest BCUT2D eigenvalue weighted by atomic mass is 16.5. The molecule has 1 saturated carbocycles. The topological polar surface area (TPSA) is 91.8 Å². The van der Waals surface area contributed by atoms with E-state index in [9.17, 15) is 14.7 Å². The molecule has 2 aromatic rings. The molecular weight excluding hydrogens is 358 g/mol. The van der Waals surface area contributed by atoms with Crippen LogP contribution in [0.4, 0.5) is 11.4 Å². The minimum Gasteiger partial charge on any atom is -0.495 e. The maximum atomic E-state index is 12.6. The first-order chi connectivity index (χ1) is 13.5. The third-order valence-corrected chi connectivity index (χ3v) is 5.20. The quantitative estimate of drug-likeness (QED) is 0.765. The molecule has 0 bridgehead atoms. The molecule has 0 atom stereocenters. The SMILES string of the molecule is COc1cc(CO)ccc1Nc1cc(CC(=O)C2CC2)nc2c1C(=O)N(C)C2. The molecule has 1 aromatic carbocycles. The summed E-state index contributed by atoms with van der Waals surface area (Å²) in [6, 6.07) is 7.12. The molecule has 2 N–H and O–H groups in total. The zero-order chi connectivity index (χ0) is 19.8. The van der Waals surface area contributed by atoms with E-state index in [2.05, 4.69) is 10.3 Å². The highest BCUT2D eigenvalue weighted by molar-refractivity contribution is 6.03. The van der Waals surface area contributed by atoms with Gasteiger partial charge < -0.3 is 20.1 Å². The molecule has 0 saturated heterocycles. The number of aromatic nitrogens is 1. The number of amides is 1. The first kappa shape index (κ1) is 18.4. The largest absolute Gasteiger partial charge is 0.495 e. The summed E-state index contributed by atoms with van der Waals surface area (Å²) in [5, 5.41) is 12.6. The maximum absolute atomic E-state index is 12.6. The Kier molecular flexibility index (Phi) is 4.77. The Balaban J connectivity index is 1.72. The number of ether oxygens (including phenoxy) is 1. The fourth-order valence-electron chi connectivity index (χ4n) is 3.50. The Morgan fingerprint density at radius 3 is 2.79 bits per heavy atom. The van der Waals surface area contributed by atoms with Gasteiger partial charge in [-0.1, -0.05) is 6.07 Å². The maximum Gasteiger partial charge on any atom is 0.257 e. The van der Waals surface area contributed by atoms with Crippen LogP contribution in [0.5, 0.6) is 5.75 Å². The number of nitrogens with zero attached hydrogens (tertiary/aromatic N) is 2. The zero-order valence-electron chi connectivity index (χ0n) is 16.0. The van der Waals surface area contributed by atoms with E-state index in [4.69, 9.17) is 4.74 Å². The second kappa shape index (κ2) is 7.24. The van der Waals surface area contributed by atoms with Gasteiger partial charge in [-0.05, 0) is 36.6 Å². The van der Waals surface area contributed by atoms with Crippen molar-refractivity contribution in [1.82, 2.24) is 9.88 Å². The number of aliphatic hydroxyl groups excluding tert-OH is 1. The zero-order valence-corrected chi connectivity index (χ0v) is 16.0. The van der Waals surface area contributed by atoms with Gasteiger partial charge in [-0.25, -0.2) is 0 Å². The van der Waals surface area contributed by atoms with Gasteiger partial charge in [0.05, 0.1) is 48.6 Å². The number of methoxy groups -OCH3 is 1. The summed E-state index contributed by atoms with van der Waals surface area (Å²) in [7, 11) is 3.29. The number of ketones is 1. The van der Waals surface area contributed by atoms with E-state index in [1.54, 1.807) is 43.3 Å². The van der Waals surface area contributed by atoms with Gasteiger partial charge in [0.1, 0.15) is 11.5 Å². The number of fused-ring (bicyclic) bond motifs is 1. The molecule has 7 heteroatoms. The van der Waals surface area contributed by atoms with Gasteiger partial charge in [0.25, 0.3) is 5.91 Å². The molecule has 0 spiro atoms. The summed E-state index contributed by atoms with van der Waals surface area (Å²) in [4.78, 5) is 31.1. The van der Waals surface area contributed by atoms with E-state index in [1.807, 2.05) is 0 Å². The van der Waals surface area contributed by atoms with E-state index in [0.29, 0.717) is 40.6 Å². The highest BCUT2D eigenvalue weighted by Gasteiger charge is 2.32. The van der Waals surface area contributed by atoms with E-state index < -0.39 is 0 Å². The van der Waals surface area contributed by atoms with Crippen molar-refractivity contribution in [2.24, 2.45) is 5.92 Å². The normalized spacial score (nSPS) is 15.5. The van der Waals surface area contributed by atoms with Crippen LogP contribution in [-0.2, 0) is 24.4 Å². The van der Waals surface area contributed by atoms with Gasteiger partial charge in [0.15, 0.2) is 0 Å². The van der Waals surface area contributed by atoms with Crippen LogP contribution in [0.25, 0.3) is 0 Å². The minimum atomic E-state index is -0.101. The standard InChI is InChI=1S/C21H23N3O4/c1-24-10-17-20(21(24)27)16(8-14(22-17)9-18(26)13-4-5-13)23-15-6-3-12(11-25)7-19(15)28-2/h3,6-8,13,25H,4-5,9-11H2,1-2H3,(H,22,23). The molecule has 0 radical (unpaired) electrons. The Labute approximate surface area is 163 Å². The van der Waals surface area contributed by atoms with Crippen molar-refractivity contribution in [1.29, 1.82) is 0 Å². The van der Waals surface area contributed by atoms with Crippen molar-refractivity contribution in [3.8, 4) is 5.75 Å². The lowest BCUT2D eigenvalue weighted by Gasteiger charge is -2.15. The molecule has 146 valence electrons. The van der Waals surface area contributed by atoms with E-state index in [-0.39, 0.29) is 30.6 Å². The smallest absolute Gasteiger partial charge is 0.257 e. The van der Waals surface area contributed by atoms with Crippen LogP contribution in [0.2, 0.25) is 0 Å². The third-order valence-electron chi connectivity index (χ3n) is 5.20. The lowest BCUT2D eigenvalue weighted by molar-refractivity contribution is -0.119. The van der Waals surface area contributed by atoms with Crippen LogP contribution < -0.4 is 10.1 Å². The molecular formula is C21H23N3O4. The highest BCUT2D eigenvalue weighted by Crippen LogP contribution is 2.35. The number of aliphatic hydroxyl groups is 1. The van der Waals surface area contributed by atoms with E-state index >= 15 is 0 Å². The Bertz CT molecular complexity index is 953. The van der Waals surface area contributed by atoms with Crippen LogP contribution in [0.3, 0.4) is 0 Å². The van der Waals surface area contributed by atoms with Crippen LogP contribution >= 0.6 is 0 Å². The van der Waals surface area contributed by atoms with Gasteiger partial charge in [-0.2, -0.15) is 0 Å². The molecule has 28 heavy (non-hydrogen) atoms. The first-order valence-corrected chi connectivity index (χ1v) is 9.36. The van der Waals surface area contributed by atoms with Crippen LogP contribution in [0, 0.1) is 5.92 Å². The number of anilines is 2. The molecule has 7 nitrogen and oxygen atoms in total. The van der Waals surface area contributed by atoms with Crippen LogP contribution in [-0.4, -0.2) is 40.8 Å². The number of benzene rings is 1. The number of hydrogen-bond donors (Lipinski definition) is 2. The predicted molar refractivity (Wildman–Crippen MR) is 104 cm³/mol. The summed E-state index contributed by atoms with van der Waals surface area (Å²) < 4.78 is 5.42. The second-order valence-corrected chi connectivity index (χ2v) is 7.38. The fraction of sp³-hybridized carbons (Fsp3) is 0.381. The van der Waals surface area contributed by atoms with Crippen LogP contribution in [0.15, 0.2) is 24.3 Å². The Morgan fingerprint density at radius 1 is 1.32 bits per heavy atom. The lowest BCUT2D eigenvalue weighted by Crippen LogP contribution is -2.18. The Hall–Kier alpha value is -2.93. The minimum absolute atomic E-state index is 0.0853. The lowest BCUT2D eigenvalue weighted by atomic mass is 10.1. The average Bonchev–Trinajstić information content (AvgIpc) is 3.49. The predicted octanol–water partition coefficient (Wildman–Crippen LogP) is 2.43. The second-order valence-electron chi connectivity index (χ2n) is 7.38. The summed E-state index contributed by atoms with van der Waals surface area (Å²) in [6.45, 7) is 0.340. The number of nitrogens with one attached hydrogen (secondary N) is 1.